The van der Waals surface area contributed by atoms with Crippen LogP contribution >= 0.6 is 0 Å². The zero-order valence-corrected chi connectivity index (χ0v) is 8.76. The van der Waals surface area contributed by atoms with Gasteiger partial charge in [0.15, 0.2) is 0 Å². The highest BCUT2D eigenvalue weighted by atomic mass is 14.9. The lowest BCUT2D eigenvalue weighted by Crippen LogP contribution is -2.18. The van der Waals surface area contributed by atoms with Crippen LogP contribution in [0.25, 0.3) is 0 Å². The summed E-state index contributed by atoms with van der Waals surface area (Å²) in [5.74, 6) is 0.522. The Morgan fingerprint density at radius 1 is 1.42 bits per heavy atom. The first kappa shape index (κ1) is 11.2. The van der Waals surface area contributed by atoms with E-state index < -0.39 is 0 Å². The summed E-state index contributed by atoms with van der Waals surface area (Å²) >= 11 is 0. The van der Waals surface area contributed by atoms with Crippen LogP contribution in [-0.4, -0.2) is 11.8 Å². The fourth-order valence-corrected chi connectivity index (χ4v) is 1.19. The Morgan fingerprint density at radius 2 is 1.92 bits per heavy atom. The topological polar surface area (TPSA) is 38.4 Å². The number of hydrogen-bond acceptors (Lipinski definition) is 2. The lowest BCUT2D eigenvalue weighted by molar-refractivity contribution is 0.554. The highest BCUT2D eigenvalue weighted by Crippen LogP contribution is 2.17. The molecule has 1 aliphatic rings. The van der Waals surface area contributed by atoms with Gasteiger partial charge in [0.2, 0.25) is 0 Å². The Labute approximate surface area is 75.6 Å². The lowest BCUT2D eigenvalue weighted by Gasteiger charge is -2.11. The Hall–Kier alpha value is -0.790. The van der Waals surface area contributed by atoms with Crippen molar-refractivity contribution in [1.82, 2.24) is 0 Å². The molecule has 0 saturated heterocycles. The largest absolute Gasteiger partial charge is 0.400 e. The van der Waals surface area contributed by atoms with Crippen molar-refractivity contribution in [3.05, 3.63) is 11.8 Å². The molecule has 0 fully saturated rings. The predicted octanol–water partition coefficient (Wildman–Crippen LogP) is 2.35. The first-order valence-corrected chi connectivity index (χ1v) is 4.62. The second-order valence-corrected chi connectivity index (χ2v) is 3.10. The van der Waals surface area contributed by atoms with E-state index in [0.717, 1.165) is 11.4 Å². The number of allylic oxidation sites excluding steroid dienone is 1. The first-order chi connectivity index (χ1) is 5.61. The standard InChI is InChI=1S/C8H14N2.C2H6/c1-5(2)8-7(9)4-6(3)10-8;1-2/h4-5,8H,9H2,1-3H3;1-2H3. The molecule has 0 aromatic rings. The summed E-state index contributed by atoms with van der Waals surface area (Å²) in [5.41, 5.74) is 7.68. The van der Waals surface area contributed by atoms with Gasteiger partial charge in [-0.05, 0) is 18.9 Å². The molecule has 2 nitrogen and oxygen atoms in total. The van der Waals surface area contributed by atoms with Gasteiger partial charge >= 0.3 is 0 Å². The summed E-state index contributed by atoms with van der Waals surface area (Å²) < 4.78 is 0. The molecular weight excluding hydrogens is 148 g/mol. The second kappa shape index (κ2) is 4.96. The summed E-state index contributed by atoms with van der Waals surface area (Å²) in [6.45, 7) is 10.2. The molecule has 1 rings (SSSR count). The van der Waals surface area contributed by atoms with Gasteiger partial charge in [-0.3, -0.25) is 4.99 Å². The van der Waals surface area contributed by atoms with Gasteiger partial charge in [0.05, 0.1) is 6.04 Å². The third kappa shape index (κ3) is 2.68. The van der Waals surface area contributed by atoms with Gasteiger partial charge in [0.25, 0.3) is 0 Å². The third-order valence-electron chi connectivity index (χ3n) is 1.69. The summed E-state index contributed by atoms with van der Waals surface area (Å²) in [4.78, 5) is 4.37. The molecule has 0 amide bonds. The molecule has 1 atom stereocenters. The summed E-state index contributed by atoms with van der Waals surface area (Å²) in [6.07, 6.45) is 1.95. The van der Waals surface area contributed by atoms with Gasteiger partial charge in [-0.1, -0.05) is 27.7 Å². The van der Waals surface area contributed by atoms with E-state index in [0.29, 0.717) is 5.92 Å². The van der Waals surface area contributed by atoms with Crippen LogP contribution in [0.3, 0.4) is 0 Å². The minimum absolute atomic E-state index is 0.236. The van der Waals surface area contributed by atoms with Crippen LogP contribution in [0, 0.1) is 5.92 Å². The van der Waals surface area contributed by atoms with Crippen molar-refractivity contribution in [1.29, 1.82) is 0 Å². The Balaban J connectivity index is 0.000000561. The number of rotatable bonds is 1. The van der Waals surface area contributed by atoms with Crippen molar-refractivity contribution in [2.45, 2.75) is 40.7 Å². The minimum Gasteiger partial charge on any atom is -0.400 e. The molecule has 12 heavy (non-hydrogen) atoms. The van der Waals surface area contributed by atoms with E-state index in [1.54, 1.807) is 0 Å². The SMILES string of the molecule is CC.CC1=NC(C(C)C)C(N)=C1. The Bertz CT molecular complexity index is 190. The summed E-state index contributed by atoms with van der Waals surface area (Å²) in [5, 5.41) is 0. The summed E-state index contributed by atoms with van der Waals surface area (Å²) in [7, 11) is 0. The molecule has 0 bridgehead atoms. The van der Waals surface area contributed by atoms with E-state index in [2.05, 4.69) is 18.8 Å². The maximum Gasteiger partial charge on any atom is 0.0918 e. The van der Waals surface area contributed by atoms with Crippen LogP contribution in [0.2, 0.25) is 0 Å². The summed E-state index contributed by atoms with van der Waals surface area (Å²) in [6, 6.07) is 0.236. The van der Waals surface area contributed by atoms with Crippen molar-refractivity contribution in [2.24, 2.45) is 16.6 Å². The molecule has 1 aliphatic heterocycles. The number of nitrogens with two attached hydrogens (primary N) is 1. The normalized spacial score (nSPS) is 21.3. The average molecular weight is 168 g/mol. The van der Waals surface area contributed by atoms with Crippen molar-refractivity contribution in [2.75, 3.05) is 0 Å². The van der Waals surface area contributed by atoms with Crippen LogP contribution in [0.5, 0.6) is 0 Å². The molecule has 1 heterocycles. The fraction of sp³-hybridized carbons (Fsp3) is 0.700. The molecule has 1 unspecified atom stereocenters. The van der Waals surface area contributed by atoms with E-state index in [1.807, 2.05) is 26.8 Å². The van der Waals surface area contributed by atoms with E-state index in [9.17, 15) is 0 Å². The van der Waals surface area contributed by atoms with E-state index in [4.69, 9.17) is 5.73 Å². The number of nitrogens with zero attached hydrogens (tertiary/aromatic N) is 1. The maximum atomic E-state index is 5.72. The maximum absolute atomic E-state index is 5.72. The zero-order chi connectivity index (χ0) is 9.72. The highest BCUT2D eigenvalue weighted by molar-refractivity contribution is 5.95. The fourth-order valence-electron chi connectivity index (χ4n) is 1.19. The zero-order valence-electron chi connectivity index (χ0n) is 8.76. The first-order valence-electron chi connectivity index (χ1n) is 4.62. The van der Waals surface area contributed by atoms with Crippen LogP contribution in [0.15, 0.2) is 16.8 Å². The van der Waals surface area contributed by atoms with Crippen molar-refractivity contribution >= 4 is 5.71 Å². The van der Waals surface area contributed by atoms with Gasteiger partial charge < -0.3 is 5.73 Å². The smallest absolute Gasteiger partial charge is 0.0918 e. The molecular formula is C10H20N2. The molecule has 2 heteroatoms. The molecule has 0 aliphatic carbocycles. The van der Waals surface area contributed by atoms with Crippen LogP contribution in [0.4, 0.5) is 0 Å². The Morgan fingerprint density at radius 3 is 2.08 bits per heavy atom. The van der Waals surface area contributed by atoms with Crippen molar-refractivity contribution in [3.8, 4) is 0 Å². The Kier molecular flexibility index (Phi) is 4.64. The number of hydrogen-bond donors (Lipinski definition) is 1. The predicted molar refractivity (Wildman–Crippen MR) is 55.4 cm³/mol. The van der Waals surface area contributed by atoms with Crippen LogP contribution in [0.1, 0.15) is 34.6 Å². The molecule has 70 valence electrons. The van der Waals surface area contributed by atoms with E-state index in [-0.39, 0.29) is 6.04 Å². The second-order valence-electron chi connectivity index (χ2n) is 3.10. The molecule has 0 radical (unpaired) electrons. The molecule has 0 saturated carbocycles. The molecule has 0 aromatic heterocycles. The highest BCUT2D eigenvalue weighted by Gasteiger charge is 2.18. The molecule has 0 aromatic carbocycles. The van der Waals surface area contributed by atoms with E-state index >= 15 is 0 Å². The van der Waals surface area contributed by atoms with Crippen LogP contribution in [-0.2, 0) is 0 Å². The third-order valence-corrected chi connectivity index (χ3v) is 1.69. The quantitative estimate of drug-likeness (QED) is 0.641. The average Bonchev–Trinajstić information content (AvgIpc) is 2.34. The minimum atomic E-state index is 0.236. The molecule has 0 spiro atoms. The van der Waals surface area contributed by atoms with Gasteiger partial charge in [0.1, 0.15) is 0 Å². The van der Waals surface area contributed by atoms with Gasteiger partial charge in [-0.25, -0.2) is 0 Å². The number of aliphatic imine (C=N–C) groups is 1. The monoisotopic (exact) mass is 168 g/mol. The lowest BCUT2D eigenvalue weighted by atomic mass is 10.0. The van der Waals surface area contributed by atoms with Crippen molar-refractivity contribution in [3.63, 3.8) is 0 Å². The molecule has 2 N–H and O–H groups in total. The van der Waals surface area contributed by atoms with Gasteiger partial charge in [-0.15, -0.1) is 0 Å². The van der Waals surface area contributed by atoms with Gasteiger partial charge in [-0.2, -0.15) is 0 Å². The van der Waals surface area contributed by atoms with E-state index in [1.165, 1.54) is 0 Å². The van der Waals surface area contributed by atoms with Crippen molar-refractivity contribution < 1.29 is 0 Å². The van der Waals surface area contributed by atoms with Crippen LogP contribution < -0.4 is 5.73 Å². The van der Waals surface area contributed by atoms with Gasteiger partial charge in [0, 0.05) is 11.4 Å².